The molecule has 0 spiro atoms. The second kappa shape index (κ2) is 18.6. The average molecular weight is 897 g/mol. The summed E-state index contributed by atoms with van der Waals surface area (Å²) in [5, 5.41) is 3.47. The highest BCUT2D eigenvalue weighted by molar-refractivity contribution is 6.09. The number of likely N-dealkylation sites (N-methyl/N-ethyl adjacent to an activating group) is 1. The summed E-state index contributed by atoms with van der Waals surface area (Å²) in [6, 6.07) is 17.6. The molecule has 0 radical (unpaired) electrons. The fourth-order valence-corrected chi connectivity index (χ4v) is 7.79. The van der Waals surface area contributed by atoms with Gasteiger partial charge in [0.25, 0.3) is 11.8 Å². The number of hydrogen-bond acceptors (Lipinski definition) is 11. The Morgan fingerprint density at radius 3 is 2.38 bits per heavy atom. The first kappa shape index (κ1) is 44.5. The number of fused-ring (bicyclic) bond motifs is 1. The number of aromatic amines is 1. The predicted octanol–water partition coefficient (Wildman–Crippen LogP) is 8.14. The summed E-state index contributed by atoms with van der Waals surface area (Å²) in [7, 11) is 6.03. The molecule has 0 saturated heterocycles. The molecule has 7 aromatic rings. The molecule has 0 bridgehead atoms. The van der Waals surface area contributed by atoms with Gasteiger partial charge in [0.1, 0.15) is 41.8 Å². The molecule has 0 unspecified atom stereocenters. The van der Waals surface area contributed by atoms with Crippen molar-refractivity contribution in [1.29, 1.82) is 0 Å². The Balaban J connectivity index is 0.940. The van der Waals surface area contributed by atoms with Crippen molar-refractivity contribution in [3.63, 3.8) is 0 Å². The third-order valence-electron chi connectivity index (χ3n) is 11.5. The summed E-state index contributed by atoms with van der Waals surface area (Å²) in [5.74, 6) is -0.993. The van der Waals surface area contributed by atoms with Crippen LogP contribution in [-0.2, 0) is 11.3 Å². The van der Waals surface area contributed by atoms with Gasteiger partial charge in [0, 0.05) is 52.1 Å². The van der Waals surface area contributed by atoms with E-state index in [4.69, 9.17) is 24.7 Å². The first-order valence-electron chi connectivity index (χ1n) is 20.9. The summed E-state index contributed by atoms with van der Waals surface area (Å²) in [6.07, 6.45) is 6.47. The molecule has 1 fully saturated rings. The van der Waals surface area contributed by atoms with Gasteiger partial charge < -0.3 is 44.4 Å². The Morgan fingerprint density at radius 1 is 0.939 bits per heavy atom. The van der Waals surface area contributed by atoms with E-state index in [9.17, 15) is 18.8 Å². The number of ketones is 1. The molecule has 3 aromatic heterocycles. The second-order valence-electron chi connectivity index (χ2n) is 15.8. The van der Waals surface area contributed by atoms with Crippen LogP contribution in [0.5, 0.6) is 23.0 Å². The van der Waals surface area contributed by atoms with Crippen molar-refractivity contribution >= 4 is 40.0 Å². The van der Waals surface area contributed by atoms with E-state index in [1.165, 1.54) is 57.0 Å². The van der Waals surface area contributed by atoms with Crippen molar-refractivity contribution in [2.24, 2.45) is 0 Å². The van der Waals surface area contributed by atoms with Crippen LogP contribution >= 0.6 is 0 Å². The van der Waals surface area contributed by atoms with Gasteiger partial charge in [-0.3, -0.25) is 14.4 Å². The van der Waals surface area contributed by atoms with Gasteiger partial charge in [-0.2, -0.15) is 0 Å². The van der Waals surface area contributed by atoms with Crippen LogP contribution in [0.2, 0.25) is 0 Å². The van der Waals surface area contributed by atoms with Crippen LogP contribution in [0.25, 0.3) is 33.5 Å². The summed E-state index contributed by atoms with van der Waals surface area (Å²) >= 11 is 0. The molecule has 8 rings (SSSR count). The normalized spacial score (nSPS) is 12.2. The van der Waals surface area contributed by atoms with E-state index in [0.29, 0.717) is 45.7 Å². The number of halogens is 2. The Labute approximate surface area is 378 Å². The van der Waals surface area contributed by atoms with Crippen LogP contribution in [0.3, 0.4) is 0 Å². The quantitative estimate of drug-likeness (QED) is 0.0591. The number of amides is 2. The number of carbonyl (C=O) groups excluding carboxylic acids is 3. The van der Waals surface area contributed by atoms with Gasteiger partial charge in [0.2, 0.25) is 11.5 Å². The molecular formula is C49H46F2N8O7. The lowest BCUT2D eigenvalue weighted by atomic mass is 10.0. The third kappa shape index (κ3) is 8.87. The number of ether oxygens (including phenoxy) is 4. The van der Waals surface area contributed by atoms with Crippen molar-refractivity contribution in [3.8, 4) is 45.6 Å². The molecular weight excluding hydrogens is 851 g/mol. The maximum Gasteiger partial charge on any atom is 0.258 e. The number of anilines is 2. The molecule has 3 heterocycles. The van der Waals surface area contributed by atoms with Crippen molar-refractivity contribution < 1.29 is 42.1 Å². The molecule has 1 aliphatic rings. The molecule has 15 nitrogen and oxygen atoms in total. The van der Waals surface area contributed by atoms with E-state index in [-0.39, 0.29) is 76.7 Å². The lowest BCUT2D eigenvalue weighted by Gasteiger charge is -2.20. The number of hydrogen-bond donors (Lipinski definition) is 3. The summed E-state index contributed by atoms with van der Waals surface area (Å²) < 4.78 is 54.4. The smallest absolute Gasteiger partial charge is 0.258 e. The van der Waals surface area contributed by atoms with Crippen molar-refractivity contribution in [3.05, 3.63) is 137 Å². The molecule has 0 aliphatic heterocycles. The monoisotopic (exact) mass is 896 g/mol. The molecule has 4 N–H and O–H groups in total. The Bertz CT molecular complexity index is 3030. The van der Waals surface area contributed by atoms with E-state index in [1.54, 1.807) is 32.2 Å². The van der Waals surface area contributed by atoms with Gasteiger partial charge >= 0.3 is 0 Å². The first-order chi connectivity index (χ1) is 31.8. The third-order valence-corrected chi connectivity index (χ3v) is 11.5. The number of carbonyl (C=O) groups is 3. The van der Waals surface area contributed by atoms with Gasteiger partial charge in [-0.15, -0.1) is 0 Å². The Hall–Kier alpha value is -8.08. The van der Waals surface area contributed by atoms with Crippen molar-refractivity contribution in [2.45, 2.75) is 32.2 Å². The van der Waals surface area contributed by atoms with E-state index in [1.807, 2.05) is 35.0 Å². The van der Waals surface area contributed by atoms with Crippen molar-refractivity contribution in [2.75, 3.05) is 52.6 Å². The highest BCUT2D eigenvalue weighted by Crippen LogP contribution is 2.42. The topological polar surface area (TPSA) is 189 Å². The van der Waals surface area contributed by atoms with Gasteiger partial charge in [-0.05, 0) is 79.3 Å². The summed E-state index contributed by atoms with van der Waals surface area (Å²) in [4.78, 5) is 58.1. The maximum absolute atomic E-state index is 15.2. The number of nitrogens with two attached hydrogens (primary N) is 1. The SMILES string of the molecule is C=C(Cn1cc(-c2ncc(C(=O)c3cc(OC)c(OC)c(OC)c3)[nH]2)c2ccccc21)C(=O)N(C)CCOc1c(N)ncnc1-c1cc(F)cc(NC(=O)c2ccc(C3CC3)cc2F)c1C. The molecule has 2 amide bonds. The minimum absolute atomic E-state index is 0.0324. The Kier molecular flexibility index (Phi) is 12.5. The largest absolute Gasteiger partial charge is 0.493 e. The number of rotatable bonds is 17. The first-order valence-corrected chi connectivity index (χ1v) is 20.9. The highest BCUT2D eigenvalue weighted by atomic mass is 19.1. The van der Waals surface area contributed by atoms with Crippen LogP contribution in [0.1, 0.15) is 56.3 Å². The van der Waals surface area contributed by atoms with Crippen LogP contribution < -0.4 is 30.0 Å². The van der Waals surface area contributed by atoms with E-state index >= 15 is 4.39 Å². The lowest BCUT2D eigenvalue weighted by molar-refractivity contribution is -0.126. The molecule has 66 heavy (non-hydrogen) atoms. The maximum atomic E-state index is 15.2. The fourth-order valence-electron chi connectivity index (χ4n) is 7.79. The fraction of sp³-hybridized carbons (Fsp3) is 0.224. The van der Waals surface area contributed by atoms with Crippen LogP contribution in [-0.4, -0.2) is 88.5 Å². The lowest BCUT2D eigenvalue weighted by Crippen LogP contribution is -2.32. The van der Waals surface area contributed by atoms with Gasteiger partial charge in [0.05, 0.1) is 46.2 Å². The number of nitrogens with zero attached hydrogens (tertiary/aromatic N) is 5. The zero-order chi connectivity index (χ0) is 46.8. The van der Waals surface area contributed by atoms with Gasteiger partial charge in [0.15, 0.2) is 23.1 Å². The van der Waals surface area contributed by atoms with Crippen LogP contribution in [0, 0.1) is 18.6 Å². The Morgan fingerprint density at radius 2 is 1.68 bits per heavy atom. The number of nitrogens with one attached hydrogen (secondary N) is 2. The number of para-hydroxylation sites is 1. The average Bonchev–Trinajstić information content (AvgIpc) is 3.95. The summed E-state index contributed by atoms with van der Waals surface area (Å²) in [5.41, 5.74) is 10.2. The number of methoxy groups -OCH3 is 3. The van der Waals surface area contributed by atoms with E-state index < -0.39 is 17.5 Å². The predicted molar refractivity (Wildman–Crippen MR) is 244 cm³/mol. The summed E-state index contributed by atoms with van der Waals surface area (Å²) in [6.45, 7) is 5.92. The van der Waals surface area contributed by atoms with E-state index in [0.717, 1.165) is 35.4 Å². The number of imidazole rings is 1. The molecule has 1 aliphatic carbocycles. The molecule has 0 atom stereocenters. The number of benzene rings is 4. The highest BCUT2D eigenvalue weighted by Gasteiger charge is 2.27. The molecule has 4 aromatic carbocycles. The number of aromatic nitrogens is 5. The van der Waals surface area contributed by atoms with Crippen LogP contribution in [0.4, 0.5) is 20.3 Å². The minimum Gasteiger partial charge on any atom is -0.493 e. The minimum atomic E-state index is -0.734. The zero-order valence-corrected chi connectivity index (χ0v) is 36.8. The van der Waals surface area contributed by atoms with Gasteiger partial charge in [-0.1, -0.05) is 30.8 Å². The molecule has 17 heteroatoms. The standard InChI is InChI=1S/C49H46F2N8O7/c1-26(23-59-24-35(32-9-7-8-10-39(32)59)47-53-22-38(56-47)43(60)30-18-40(63-4)44(65-6)41(19-30)64-5)49(62)58(3)15-16-66-45-42(54-25-55-46(45)52)34-20-31(50)21-37(27(34)2)57-48(61)33-14-13-29(17-36(33)51)28-11-12-28/h7-10,13-14,17-22,24-25,28H,1,11-12,15-16,23H2,2-6H3,(H,53,56)(H,57,61)(H2,52,54,55). The van der Waals surface area contributed by atoms with Crippen molar-refractivity contribution in [1.82, 2.24) is 29.4 Å². The zero-order valence-electron chi connectivity index (χ0n) is 36.8. The van der Waals surface area contributed by atoms with Crippen LogP contribution in [0.15, 0.2) is 97.6 Å². The number of H-pyrrole nitrogens is 1. The molecule has 1 saturated carbocycles. The van der Waals surface area contributed by atoms with E-state index in [2.05, 4.69) is 31.8 Å². The number of nitrogen functional groups attached to an aromatic ring is 1. The second-order valence-corrected chi connectivity index (χ2v) is 15.8. The molecule has 338 valence electrons. The van der Waals surface area contributed by atoms with Gasteiger partial charge in [-0.25, -0.2) is 23.7 Å².